The molecule has 2 heterocycles. The van der Waals surface area contributed by atoms with Crippen molar-refractivity contribution in [3.05, 3.63) is 20.0 Å². The predicted octanol–water partition coefficient (Wildman–Crippen LogP) is 2.96. The highest BCUT2D eigenvalue weighted by atomic mass is 79.9. The number of nitrogens with zero attached hydrogens (tertiary/aromatic N) is 1. The molecule has 0 bridgehead atoms. The molecule has 0 spiro atoms. The maximum Gasteiger partial charge on any atom is 0.213 e. The highest BCUT2D eigenvalue weighted by Crippen LogP contribution is 2.26. The third-order valence-corrected chi connectivity index (χ3v) is 3.04. The molecule has 0 aliphatic heterocycles. The molecule has 0 saturated carbocycles. The van der Waals surface area contributed by atoms with E-state index in [-0.39, 0.29) is 0 Å². The molecule has 2 aromatic heterocycles. The van der Waals surface area contributed by atoms with Gasteiger partial charge in [-0.05, 0) is 34.2 Å². The first kappa shape index (κ1) is 8.15. The Labute approximate surface area is 86.0 Å². The van der Waals surface area contributed by atoms with E-state index in [4.69, 9.17) is 12.2 Å². The standard InChI is InChI=1S/C6H4BrN3S2/c7-4-1-3(2-12-4)5-8-6(11)10-9-5/h1-2H,(H2,8,9,10,11). The van der Waals surface area contributed by atoms with Crippen molar-refractivity contribution >= 4 is 39.5 Å². The molecular weight excluding hydrogens is 258 g/mol. The number of nitrogens with one attached hydrogen (secondary N) is 2. The van der Waals surface area contributed by atoms with E-state index in [9.17, 15) is 0 Å². The highest BCUT2D eigenvalue weighted by Gasteiger charge is 2.02. The third kappa shape index (κ3) is 1.50. The number of hydrogen-bond acceptors (Lipinski definition) is 3. The third-order valence-electron chi connectivity index (χ3n) is 1.34. The van der Waals surface area contributed by atoms with Crippen LogP contribution in [0.2, 0.25) is 0 Å². The Hall–Kier alpha value is -0.460. The average molecular weight is 262 g/mol. The van der Waals surface area contributed by atoms with Gasteiger partial charge in [-0.25, -0.2) is 0 Å². The molecule has 0 fully saturated rings. The van der Waals surface area contributed by atoms with Crippen LogP contribution in [0.15, 0.2) is 15.2 Å². The second kappa shape index (κ2) is 3.12. The van der Waals surface area contributed by atoms with Crippen molar-refractivity contribution in [2.45, 2.75) is 0 Å². The molecule has 2 aromatic rings. The Morgan fingerprint density at radius 3 is 2.83 bits per heavy atom. The Bertz CT molecular complexity index is 441. The van der Waals surface area contributed by atoms with Crippen LogP contribution in [0.25, 0.3) is 11.4 Å². The lowest BCUT2D eigenvalue weighted by atomic mass is 10.3. The zero-order valence-corrected chi connectivity index (χ0v) is 9.02. The number of aromatic nitrogens is 3. The summed E-state index contributed by atoms with van der Waals surface area (Å²) in [5.74, 6) is 0.780. The van der Waals surface area contributed by atoms with E-state index in [1.54, 1.807) is 11.3 Å². The van der Waals surface area contributed by atoms with Gasteiger partial charge in [-0.15, -0.1) is 11.3 Å². The van der Waals surface area contributed by atoms with Crippen molar-refractivity contribution in [1.29, 1.82) is 0 Å². The number of rotatable bonds is 1. The molecular formula is C6H4BrN3S2. The fourth-order valence-electron chi connectivity index (χ4n) is 0.841. The van der Waals surface area contributed by atoms with Crippen LogP contribution in [-0.2, 0) is 0 Å². The van der Waals surface area contributed by atoms with E-state index in [1.165, 1.54) is 0 Å². The normalized spacial score (nSPS) is 10.4. The van der Waals surface area contributed by atoms with Crippen LogP contribution < -0.4 is 0 Å². The number of halogens is 1. The van der Waals surface area contributed by atoms with E-state index < -0.39 is 0 Å². The second-order valence-corrected chi connectivity index (χ2v) is 4.83. The summed E-state index contributed by atoms with van der Waals surface area (Å²) < 4.78 is 1.56. The number of hydrogen-bond donors (Lipinski definition) is 2. The minimum atomic E-state index is 0.479. The number of thiophene rings is 1. The summed E-state index contributed by atoms with van der Waals surface area (Å²) in [6, 6.07) is 1.99. The monoisotopic (exact) mass is 261 g/mol. The van der Waals surface area contributed by atoms with Crippen molar-refractivity contribution in [1.82, 2.24) is 15.2 Å². The summed E-state index contributed by atoms with van der Waals surface area (Å²) in [6.07, 6.45) is 0. The van der Waals surface area contributed by atoms with Crippen LogP contribution in [0, 0.1) is 4.77 Å². The first-order valence-electron chi connectivity index (χ1n) is 3.15. The van der Waals surface area contributed by atoms with E-state index in [0.717, 1.165) is 15.2 Å². The van der Waals surface area contributed by atoms with Crippen LogP contribution in [0.3, 0.4) is 0 Å². The Balaban J connectivity index is 2.50. The number of aromatic amines is 2. The fourth-order valence-corrected chi connectivity index (χ4v) is 2.12. The van der Waals surface area contributed by atoms with Gasteiger partial charge in [0, 0.05) is 10.9 Å². The van der Waals surface area contributed by atoms with E-state index in [2.05, 4.69) is 31.1 Å². The molecule has 0 unspecified atom stereocenters. The molecule has 0 aliphatic carbocycles. The maximum atomic E-state index is 4.83. The minimum Gasteiger partial charge on any atom is -0.282 e. The molecule has 62 valence electrons. The van der Waals surface area contributed by atoms with Gasteiger partial charge in [0.2, 0.25) is 4.77 Å². The van der Waals surface area contributed by atoms with Crippen molar-refractivity contribution < 1.29 is 0 Å². The Morgan fingerprint density at radius 2 is 2.33 bits per heavy atom. The maximum absolute atomic E-state index is 4.83. The fraction of sp³-hybridized carbons (Fsp3) is 0. The summed E-state index contributed by atoms with van der Waals surface area (Å²) in [6.45, 7) is 0. The van der Waals surface area contributed by atoms with Crippen molar-refractivity contribution in [2.24, 2.45) is 0 Å². The lowest BCUT2D eigenvalue weighted by Gasteiger charge is -1.84. The van der Waals surface area contributed by atoms with Gasteiger partial charge in [-0.3, -0.25) is 10.2 Å². The lowest BCUT2D eigenvalue weighted by Crippen LogP contribution is -1.74. The van der Waals surface area contributed by atoms with Crippen LogP contribution >= 0.6 is 39.5 Å². The molecule has 0 saturated heterocycles. The van der Waals surface area contributed by atoms with Gasteiger partial charge < -0.3 is 0 Å². The smallest absolute Gasteiger partial charge is 0.213 e. The Kier molecular flexibility index (Phi) is 2.12. The van der Waals surface area contributed by atoms with Gasteiger partial charge in [-0.2, -0.15) is 4.98 Å². The van der Waals surface area contributed by atoms with Crippen LogP contribution in [0.4, 0.5) is 0 Å². The highest BCUT2D eigenvalue weighted by molar-refractivity contribution is 9.11. The van der Waals surface area contributed by atoms with E-state index in [1.807, 2.05) is 11.4 Å². The predicted molar refractivity (Wildman–Crippen MR) is 54.8 cm³/mol. The Morgan fingerprint density at radius 1 is 1.50 bits per heavy atom. The average Bonchev–Trinajstić information content (AvgIpc) is 2.58. The molecule has 0 radical (unpaired) electrons. The van der Waals surface area contributed by atoms with Crippen LogP contribution in [0.1, 0.15) is 0 Å². The molecule has 6 heteroatoms. The summed E-state index contributed by atoms with van der Waals surface area (Å²) in [4.78, 5) is 4.08. The molecule has 2 N–H and O–H groups in total. The molecule has 0 aliphatic rings. The topological polar surface area (TPSA) is 44.5 Å². The zero-order chi connectivity index (χ0) is 8.55. The van der Waals surface area contributed by atoms with Crippen molar-refractivity contribution in [3.8, 4) is 11.4 Å². The largest absolute Gasteiger partial charge is 0.282 e. The minimum absolute atomic E-state index is 0.479. The van der Waals surface area contributed by atoms with E-state index >= 15 is 0 Å². The van der Waals surface area contributed by atoms with Crippen molar-refractivity contribution in [2.75, 3.05) is 0 Å². The SMILES string of the molecule is S=c1nc(-c2csc(Br)c2)[nH][nH]1. The molecule has 3 nitrogen and oxygen atoms in total. The molecule has 12 heavy (non-hydrogen) atoms. The van der Waals surface area contributed by atoms with Gasteiger partial charge in [0.15, 0.2) is 5.82 Å². The quantitative estimate of drug-likeness (QED) is 0.776. The molecule has 0 aromatic carbocycles. The summed E-state index contributed by atoms with van der Waals surface area (Å²) in [5.41, 5.74) is 1.04. The summed E-state index contributed by atoms with van der Waals surface area (Å²) in [7, 11) is 0. The van der Waals surface area contributed by atoms with Gasteiger partial charge in [0.1, 0.15) is 0 Å². The molecule has 0 atom stereocenters. The first-order chi connectivity index (χ1) is 5.75. The van der Waals surface area contributed by atoms with Crippen LogP contribution in [0.5, 0.6) is 0 Å². The van der Waals surface area contributed by atoms with Gasteiger partial charge >= 0.3 is 0 Å². The van der Waals surface area contributed by atoms with Gasteiger partial charge in [-0.1, -0.05) is 0 Å². The molecule has 2 rings (SSSR count). The summed E-state index contributed by atoms with van der Waals surface area (Å²) in [5, 5.41) is 7.63. The summed E-state index contributed by atoms with van der Waals surface area (Å²) >= 11 is 9.83. The van der Waals surface area contributed by atoms with Gasteiger partial charge in [0.05, 0.1) is 3.79 Å². The zero-order valence-electron chi connectivity index (χ0n) is 5.80. The van der Waals surface area contributed by atoms with Crippen molar-refractivity contribution in [3.63, 3.8) is 0 Å². The van der Waals surface area contributed by atoms with E-state index in [0.29, 0.717) is 4.77 Å². The molecule has 0 amide bonds. The van der Waals surface area contributed by atoms with Gasteiger partial charge in [0.25, 0.3) is 0 Å². The number of H-pyrrole nitrogens is 2. The van der Waals surface area contributed by atoms with Crippen LogP contribution in [-0.4, -0.2) is 15.2 Å². The first-order valence-corrected chi connectivity index (χ1v) is 5.23. The second-order valence-electron chi connectivity index (χ2n) is 2.16. The lowest BCUT2D eigenvalue weighted by molar-refractivity contribution is 1.08.